The van der Waals surface area contributed by atoms with Crippen LogP contribution in [0.15, 0.2) is 65.6 Å². The van der Waals surface area contributed by atoms with Crippen LogP contribution >= 0.6 is 0 Å². The number of fused-ring (bicyclic) bond motifs is 2. The normalized spacial score (nSPS) is 14.2. The van der Waals surface area contributed by atoms with Gasteiger partial charge in [-0.25, -0.2) is 9.48 Å². The van der Waals surface area contributed by atoms with Crippen molar-refractivity contribution in [2.24, 2.45) is 0 Å². The van der Waals surface area contributed by atoms with Gasteiger partial charge in [0.1, 0.15) is 17.2 Å². The number of hydrogen-bond acceptors (Lipinski definition) is 5. The average molecular weight is 601 g/mol. The van der Waals surface area contributed by atoms with Crippen LogP contribution in [0, 0.1) is 0 Å². The van der Waals surface area contributed by atoms with Crippen molar-refractivity contribution in [3.05, 3.63) is 93.5 Å². The monoisotopic (exact) mass is 600 g/mol. The number of nitrogens with zero attached hydrogens (tertiary/aromatic N) is 2. The number of aromatic amines is 2. The molecule has 232 valence electrons. The van der Waals surface area contributed by atoms with Gasteiger partial charge in [-0.05, 0) is 51.8 Å². The SMILES string of the molecule is CC(C)(C)OC(=O)NC(C)(C)C(=O)N[C@H](Cc1c[nH]c2ccccc12)C(=O)N1CCc2[nH]n(Cc3ccccc3)c(=O)c2C1. The molecule has 2 aromatic carbocycles. The Hall–Kier alpha value is -4.80. The summed E-state index contributed by atoms with van der Waals surface area (Å²) in [6.07, 6.45) is 1.80. The molecular weight excluding hydrogens is 560 g/mol. The molecule has 1 aliphatic heterocycles. The van der Waals surface area contributed by atoms with E-state index in [1.54, 1.807) is 44.2 Å². The summed E-state index contributed by atoms with van der Waals surface area (Å²) >= 11 is 0. The first kappa shape index (κ1) is 30.7. The first-order valence-electron chi connectivity index (χ1n) is 14.8. The van der Waals surface area contributed by atoms with Crippen molar-refractivity contribution >= 4 is 28.8 Å². The summed E-state index contributed by atoms with van der Waals surface area (Å²) in [5.74, 6) is -0.844. The number of benzene rings is 2. The topological polar surface area (TPSA) is 141 Å². The van der Waals surface area contributed by atoms with E-state index >= 15 is 0 Å². The molecule has 4 aromatic rings. The number of nitrogens with one attached hydrogen (secondary N) is 4. The van der Waals surface area contributed by atoms with Crippen molar-refractivity contribution in [1.82, 2.24) is 30.3 Å². The lowest BCUT2D eigenvalue weighted by Crippen LogP contribution is -2.60. The van der Waals surface area contributed by atoms with E-state index in [4.69, 9.17) is 4.74 Å². The predicted octanol–water partition coefficient (Wildman–Crippen LogP) is 3.62. The largest absolute Gasteiger partial charge is 0.444 e. The smallest absolute Gasteiger partial charge is 0.408 e. The van der Waals surface area contributed by atoms with Gasteiger partial charge in [-0.3, -0.25) is 19.5 Å². The van der Waals surface area contributed by atoms with Crippen LogP contribution in [0.1, 0.15) is 57.0 Å². The lowest BCUT2D eigenvalue weighted by atomic mass is 9.99. The van der Waals surface area contributed by atoms with Crippen molar-refractivity contribution in [2.75, 3.05) is 6.54 Å². The summed E-state index contributed by atoms with van der Waals surface area (Å²) in [5.41, 5.74) is 1.85. The number of rotatable bonds is 8. The number of hydrogen-bond donors (Lipinski definition) is 4. The van der Waals surface area contributed by atoms with Crippen LogP contribution in [0.3, 0.4) is 0 Å². The van der Waals surface area contributed by atoms with E-state index in [2.05, 4.69) is 20.7 Å². The minimum atomic E-state index is -1.37. The van der Waals surface area contributed by atoms with Crippen molar-refractivity contribution in [3.8, 4) is 0 Å². The molecule has 1 atom stereocenters. The number of carbonyl (C=O) groups is 3. The molecule has 0 aliphatic carbocycles. The van der Waals surface area contributed by atoms with E-state index in [0.29, 0.717) is 25.1 Å². The van der Waals surface area contributed by atoms with Crippen molar-refractivity contribution in [3.63, 3.8) is 0 Å². The fourth-order valence-corrected chi connectivity index (χ4v) is 5.42. The molecule has 4 N–H and O–H groups in total. The van der Waals surface area contributed by atoms with E-state index in [9.17, 15) is 19.2 Å². The zero-order chi connectivity index (χ0) is 31.6. The van der Waals surface area contributed by atoms with Crippen molar-refractivity contribution in [2.45, 2.75) is 77.7 Å². The standard InChI is InChI=1S/C33H40N6O5/c1-32(2,3)44-31(43)36-33(4,5)30(42)35-27(17-22-18-34-25-14-10-9-13-23(22)25)29(41)38-16-15-26-24(20-38)28(40)39(37-26)19-21-11-7-6-8-12-21/h6-14,18,27,34,37H,15-17,19-20H2,1-5H3,(H,35,42)(H,36,43)/t27-/m1/s1. The van der Waals surface area contributed by atoms with Crippen LogP contribution < -0.4 is 16.2 Å². The van der Waals surface area contributed by atoms with Gasteiger partial charge in [-0.1, -0.05) is 48.5 Å². The van der Waals surface area contributed by atoms with E-state index in [-0.39, 0.29) is 24.4 Å². The second-order valence-corrected chi connectivity index (χ2v) is 12.8. The van der Waals surface area contributed by atoms with Gasteiger partial charge in [0.2, 0.25) is 11.8 Å². The third-order valence-corrected chi connectivity index (χ3v) is 7.70. The Balaban J connectivity index is 1.37. The molecule has 0 bridgehead atoms. The molecule has 1 aliphatic rings. The first-order chi connectivity index (χ1) is 20.8. The highest BCUT2D eigenvalue weighted by molar-refractivity contribution is 5.94. The Morgan fingerprint density at radius 2 is 1.70 bits per heavy atom. The Bertz CT molecular complexity index is 1730. The van der Waals surface area contributed by atoms with Crippen LogP contribution in [0.5, 0.6) is 0 Å². The van der Waals surface area contributed by atoms with E-state index in [1.165, 1.54) is 0 Å². The second-order valence-electron chi connectivity index (χ2n) is 12.8. The summed E-state index contributed by atoms with van der Waals surface area (Å²) in [4.78, 5) is 58.4. The fourth-order valence-electron chi connectivity index (χ4n) is 5.42. The number of H-pyrrole nitrogens is 2. The molecule has 11 nitrogen and oxygen atoms in total. The van der Waals surface area contributed by atoms with Crippen LogP contribution in [0.2, 0.25) is 0 Å². The van der Waals surface area contributed by atoms with Crippen LogP contribution in [-0.4, -0.2) is 61.3 Å². The Kier molecular flexibility index (Phi) is 8.40. The molecule has 11 heteroatoms. The van der Waals surface area contributed by atoms with Gasteiger partial charge < -0.3 is 25.3 Å². The molecule has 44 heavy (non-hydrogen) atoms. The van der Waals surface area contributed by atoms with E-state index in [0.717, 1.165) is 27.7 Å². The molecule has 0 spiro atoms. The first-order valence-corrected chi connectivity index (χ1v) is 14.8. The van der Waals surface area contributed by atoms with Gasteiger partial charge in [-0.15, -0.1) is 0 Å². The summed E-state index contributed by atoms with van der Waals surface area (Å²) in [5, 5.41) is 9.68. The number of alkyl carbamates (subject to hydrolysis) is 1. The lowest BCUT2D eigenvalue weighted by Gasteiger charge is -2.33. The van der Waals surface area contributed by atoms with Crippen LogP contribution in [0.25, 0.3) is 10.9 Å². The second kappa shape index (κ2) is 12.1. The summed E-state index contributed by atoms with van der Waals surface area (Å²) in [6.45, 7) is 9.24. The van der Waals surface area contributed by atoms with E-state index < -0.39 is 29.2 Å². The molecule has 0 saturated heterocycles. The number of aromatic nitrogens is 3. The quantitative estimate of drug-likeness (QED) is 0.245. The molecule has 0 saturated carbocycles. The third kappa shape index (κ3) is 6.88. The zero-order valence-electron chi connectivity index (χ0n) is 25.8. The zero-order valence-corrected chi connectivity index (χ0v) is 25.8. The van der Waals surface area contributed by atoms with Gasteiger partial charge in [0.05, 0.1) is 18.7 Å². The number of ether oxygens (including phenoxy) is 1. The molecule has 0 unspecified atom stereocenters. The molecule has 3 amide bonds. The highest BCUT2D eigenvalue weighted by atomic mass is 16.6. The Labute approximate surface area is 255 Å². The number of carbonyl (C=O) groups excluding carboxylic acids is 3. The van der Waals surface area contributed by atoms with Crippen LogP contribution in [-0.2, 0) is 40.3 Å². The Morgan fingerprint density at radius 1 is 1.00 bits per heavy atom. The average Bonchev–Trinajstić information content (AvgIpc) is 3.51. The summed E-state index contributed by atoms with van der Waals surface area (Å²) in [7, 11) is 0. The van der Waals surface area contributed by atoms with Gasteiger partial charge in [-0.2, -0.15) is 0 Å². The maximum Gasteiger partial charge on any atom is 0.408 e. The third-order valence-electron chi connectivity index (χ3n) is 7.70. The molecule has 0 radical (unpaired) electrons. The highest BCUT2D eigenvalue weighted by Gasteiger charge is 2.37. The maximum atomic E-state index is 14.1. The van der Waals surface area contributed by atoms with E-state index in [1.807, 2.05) is 60.8 Å². The molecule has 2 aromatic heterocycles. The van der Waals surface area contributed by atoms with Gasteiger partial charge in [0.15, 0.2) is 0 Å². The summed E-state index contributed by atoms with van der Waals surface area (Å²) < 4.78 is 6.92. The van der Waals surface area contributed by atoms with Crippen LogP contribution in [0.4, 0.5) is 4.79 Å². The minimum absolute atomic E-state index is 0.130. The number of amides is 3. The van der Waals surface area contributed by atoms with Gasteiger partial charge >= 0.3 is 6.09 Å². The van der Waals surface area contributed by atoms with Gasteiger partial charge in [0.25, 0.3) is 5.56 Å². The molecular formula is C33H40N6O5. The predicted molar refractivity (Wildman–Crippen MR) is 167 cm³/mol. The molecule has 3 heterocycles. The number of para-hydroxylation sites is 1. The molecule has 0 fully saturated rings. The van der Waals surface area contributed by atoms with Crippen molar-refractivity contribution in [1.29, 1.82) is 0 Å². The fraction of sp³-hybridized carbons (Fsp3) is 0.394. The summed E-state index contributed by atoms with van der Waals surface area (Å²) in [6, 6.07) is 16.5. The van der Waals surface area contributed by atoms with Crippen molar-refractivity contribution < 1.29 is 19.1 Å². The molecule has 5 rings (SSSR count). The Morgan fingerprint density at radius 3 is 2.43 bits per heavy atom. The maximum absolute atomic E-state index is 14.1. The highest BCUT2D eigenvalue weighted by Crippen LogP contribution is 2.22. The lowest BCUT2D eigenvalue weighted by molar-refractivity contribution is -0.138. The minimum Gasteiger partial charge on any atom is -0.444 e. The van der Waals surface area contributed by atoms with Gasteiger partial charge in [0, 0.05) is 42.2 Å².